The molecule has 0 saturated carbocycles. The molecule has 1 amide bonds. The number of halogens is 1. The number of amides is 1. The van der Waals surface area contributed by atoms with E-state index in [-0.39, 0.29) is 19.0 Å². The highest BCUT2D eigenvalue weighted by Crippen LogP contribution is 2.31. The van der Waals surface area contributed by atoms with E-state index < -0.39 is 29.2 Å². The Morgan fingerprint density at radius 2 is 1.53 bits per heavy atom. The number of carbonyl (C=O) groups excluding carboxylic acids is 2. The Balaban J connectivity index is 1.62. The second kappa shape index (κ2) is 15.2. The summed E-state index contributed by atoms with van der Waals surface area (Å²) in [5.74, 6) is -0.181. The van der Waals surface area contributed by atoms with Gasteiger partial charge in [0.1, 0.15) is 29.4 Å². The zero-order chi connectivity index (χ0) is 34.2. The van der Waals surface area contributed by atoms with Crippen LogP contribution < -0.4 is 10.1 Å². The van der Waals surface area contributed by atoms with Gasteiger partial charge in [-0.15, -0.1) is 0 Å². The quantitative estimate of drug-likeness (QED) is 0.165. The fourth-order valence-corrected chi connectivity index (χ4v) is 5.12. The summed E-state index contributed by atoms with van der Waals surface area (Å²) >= 11 is 0. The first kappa shape index (κ1) is 35.1. The maximum Gasteiger partial charge on any atom is 0.408 e. The molecule has 4 rings (SSSR count). The largest absolute Gasteiger partial charge is 0.489 e. The molecule has 0 bridgehead atoms. The van der Waals surface area contributed by atoms with Crippen LogP contribution in [0.1, 0.15) is 82.5 Å². The molecule has 8 heteroatoms. The SMILES string of the molecule is C[C@@H](NC(=O)OC(C)(C)C)c1cccc(-c2cc(CCc3ccccn3)cc(COc3ccccc3CC(=O)OC(C)(C)C)c2)c1F. The smallest absolute Gasteiger partial charge is 0.408 e. The lowest BCUT2D eigenvalue weighted by Crippen LogP contribution is -2.34. The van der Waals surface area contributed by atoms with Crippen molar-refractivity contribution in [3.8, 4) is 16.9 Å². The Bertz CT molecular complexity index is 1680. The van der Waals surface area contributed by atoms with Crippen LogP contribution in [0.2, 0.25) is 0 Å². The van der Waals surface area contributed by atoms with Crippen molar-refractivity contribution in [1.82, 2.24) is 10.3 Å². The van der Waals surface area contributed by atoms with Gasteiger partial charge in [0.25, 0.3) is 0 Å². The van der Waals surface area contributed by atoms with Gasteiger partial charge < -0.3 is 19.5 Å². The Kier molecular flexibility index (Phi) is 11.4. The lowest BCUT2D eigenvalue weighted by atomic mass is 9.94. The second-order valence-corrected chi connectivity index (χ2v) is 13.6. The molecule has 1 N–H and O–H groups in total. The van der Waals surface area contributed by atoms with E-state index >= 15 is 4.39 Å². The van der Waals surface area contributed by atoms with Gasteiger partial charge in [0.15, 0.2) is 0 Å². The molecular formula is C39H45FN2O5. The predicted molar refractivity (Wildman–Crippen MR) is 182 cm³/mol. The number of hydrogen-bond acceptors (Lipinski definition) is 6. The van der Waals surface area contributed by atoms with E-state index in [1.807, 2.05) is 75.4 Å². The third-order valence-electron chi connectivity index (χ3n) is 7.11. The molecule has 0 unspecified atom stereocenters. The second-order valence-electron chi connectivity index (χ2n) is 13.6. The van der Waals surface area contributed by atoms with E-state index in [0.717, 1.165) is 22.4 Å². The summed E-state index contributed by atoms with van der Waals surface area (Å²) in [4.78, 5) is 29.4. The summed E-state index contributed by atoms with van der Waals surface area (Å²) in [6.45, 7) is 12.8. The molecule has 0 aliphatic heterocycles. The van der Waals surface area contributed by atoms with Gasteiger partial charge in [-0.1, -0.05) is 54.6 Å². The number of carbonyl (C=O) groups is 2. The molecule has 0 fully saturated rings. The van der Waals surface area contributed by atoms with E-state index in [1.165, 1.54) is 0 Å². The molecule has 0 aliphatic rings. The van der Waals surface area contributed by atoms with Gasteiger partial charge in [0, 0.05) is 28.6 Å². The zero-order valence-corrected chi connectivity index (χ0v) is 28.4. The molecule has 0 aliphatic carbocycles. The van der Waals surface area contributed by atoms with Gasteiger partial charge in [0.05, 0.1) is 12.5 Å². The average Bonchev–Trinajstić information content (AvgIpc) is 2.98. The first-order valence-electron chi connectivity index (χ1n) is 15.9. The van der Waals surface area contributed by atoms with Crippen molar-refractivity contribution in [3.05, 3.63) is 119 Å². The van der Waals surface area contributed by atoms with Crippen LogP contribution in [0.25, 0.3) is 11.1 Å². The minimum Gasteiger partial charge on any atom is -0.489 e. The topological polar surface area (TPSA) is 86.8 Å². The Morgan fingerprint density at radius 3 is 2.23 bits per heavy atom. The Morgan fingerprint density at radius 1 is 0.830 bits per heavy atom. The first-order valence-corrected chi connectivity index (χ1v) is 15.9. The lowest BCUT2D eigenvalue weighted by molar-refractivity contribution is -0.153. The third kappa shape index (κ3) is 10.9. The number of alkyl carbamates (subject to hydrolysis) is 1. The van der Waals surface area contributed by atoms with Crippen molar-refractivity contribution >= 4 is 12.1 Å². The Hall–Kier alpha value is -4.72. The van der Waals surface area contributed by atoms with Crippen LogP contribution in [-0.4, -0.2) is 28.2 Å². The van der Waals surface area contributed by atoms with Crippen LogP contribution in [-0.2, 0) is 40.1 Å². The number of rotatable bonds is 11. The highest BCUT2D eigenvalue weighted by Gasteiger charge is 2.22. The number of aromatic nitrogens is 1. The zero-order valence-electron chi connectivity index (χ0n) is 28.4. The van der Waals surface area contributed by atoms with Crippen molar-refractivity contribution in [2.24, 2.45) is 0 Å². The summed E-state index contributed by atoms with van der Waals surface area (Å²) in [6, 6.07) is 23.7. The maximum absolute atomic E-state index is 16.2. The molecule has 0 saturated heterocycles. The van der Waals surface area contributed by atoms with Gasteiger partial charge in [-0.05, 0) is 102 Å². The molecule has 0 radical (unpaired) electrons. The normalized spacial score (nSPS) is 12.3. The van der Waals surface area contributed by atoms with E-state index in [1.54, 1.807) is 52.1 Å². The van der Waals surface area contributed by atoms with E-state index in [4.69, 9.17) is 14.2 Å². The molecule has 47 heavy (non-hydrogen) atoms. The van der Waals surface area contributed by atoms with Crippen LogP contribution in [0, 0.1) is 5.82 Å². The molecule has 1 atom stereocenters. The van der Waals surface area contributed by atoms with Crippen LogP contribution in [0.3, 0.4) is 0 Å². The molecule has 3 aromatic carbocycles. The number of aryl methyl sites for hydroxylation is 2. The Labute approximate surface area is 277 Å². The number of para-hydroxylation sites is 1. The molecule has 7 nitrogen and oxygen atoms in total. The monoisotopic (exact) mass is 640 g/mol. The number of nitrogens with one attached hydrogen (secondary N) is 1. The minimum absolute atomic E-state index is 0.0797. The molecule has 1 heterocycles. The van der Waals surface area contributed by atoms with Gasteiger partial charge in [-0.3, -0.25) is 9.78 Å². The summed E-state index contributed by atoms with van der Waals surface area (Å²) in [5.41, 5.74) is 3.71. The van der Waals surface area contributed by atoms with Crippen molar-refractivity contribution in [2.75, 3.05) is 0 Å². The molecule has 248 valence electrons. The van der Waals surface area contributed by atoms with E-state index in [0.29, 0.717) is 35.3 Å². The summed E-state index contributed by atoms with van der Waals surface area (Å²) in [5, 5.41) is 2.74. The third-order valence-corrected chi connectivity index (χ3v) is 7.11. The van der Waals surface area contributed by atoms with Crippen molar-refractivity contribution in [1.29, 1.82) is 0 Å². The highest BCUT2D eigenvalue weighted by molar-refractivity contribution is 5.74. The summed E-state index contributed by atoms with van der Waals surface area (Å²) in [6.07, 6.45) is 2.63. The van der Waals surface area contributed by atoms with Gasteiger partial charge in [0.2, 0.25) is 0 Å². The summed E-state index contributed by atoms with van der Waals surface area (Å²) in [7, 11) is 0. The molecule has 4 aromatic rings. The molecule has 1 aromatic heterocycles. The number of pyridine rings is 1. The van der Waals surface area contributed by atoms with E-state index in [2.05, 4.69) is 16.4 Å². The minimum atomic E-state index is -0.672. The fourth-order valence-electron chi connectivity index (χ4n) is 5.12. The van der Waals surface area contributed by atoms with Crippen LogP contribution in [0.5, 0.6) is 5.75 Å². The fraction of sp³-hybridized carbons (Fsp3) is 0.359. The van der Waals surface area contributed by atoms with Crippen molar-refractivity contribution in [2.45, 2.75) is 91.6 Å². The average molecular weight is 641 g/mol. The van der Waals surface area contributed by atoms with E-state index in [9.17, 15) is 9.59 Å². The van der Waals surface area contributed by atoms with Crippen LogP contribution in [0.4, 0.5) is 9.18 Å². The number of hydrogen-bond donors (Lipinski definition) is 1. The van der Waals surface area contributed by atoms with Crippen LogP contribution >= 0.6 is 0 Å². The van der Waals surface area contributed by atoms with Gasteiger partial charge >= 0.3 is 12.1 Å². The molecule has 0 spiro atoms. The van der Waals surface area contributed by atoms with Crippen LogP contribution in [0.15, 0.2) is 85.1 Å². The van der Waals surface area contributed by atoms with Crippen molar-refractivity contribution in [3.63, 3.8) is 0 Å². The number of benzene rings is 3. The first-order chi connectivity index (χ1) is 22.2. The summed E-state index contributed by atoms with van der Waals surface area (Å²) < 4.78 is 33.3. The number of esters is 1. The van der Waals surface area contributed by atoms with Crippen molar-refractivity contribution < 1.29 is 28.2 Å². The highest BCUT2D eigenvalue weighted by atomic mass is 19.1. The molecular weight excluding hydrogens is 595 g/mol. The lowest BCUT2D eigenvalue weighted by Gasteiger charge is -2.22. The number of nitrogens with zero attached hydrogens (tertiary/aromatic N) is 1. The number of ether oxygens (including phenoxy) is 3. The standard InChI is InChI=1S/C39H45FN2O5/c1-26(42-37(44)47-39(5,6)7)32-15-12-16-33(36(32)40)30-22-27(18-19-31-14-10-11-20-41-31)21-28(23-30)25-45-34-17-9-8-13-29(34)24-35(43)46-38(2,3)4/h8-17,20-23,26H,18-19,24-25H2,1-7H3,(H,42,44)/t26-/m1/s1. The van der Waals surface area contributed by atoms with Gasteiger partial charge in [-0.2, -0.15) is 0 Å². The maximum atomic E-state index is 16.2. The predicted octanol–water partition coefficient (Wildman–Crippen LogP) is 8.72. The van der Waals surface area contributed by atoms with Gasteiger partial charge in [-0.25, -0.2) is 9.18 Å².